The van der Waals surface area contributed by atoms with Crippen molar-refractivity contribution < 1.29 is 9.53 Å². The lowest BCUT2D eigenvalue weighted by Gasteiger charge is -2.28. The highest BCUT2D eigenvalue weighted by molar-refractivity contribution is 5.91. The fourth-order valence-corrected chi connectivity index (χ4v) is 6.84. The minimum Gasteiger partial charge on any atom is -0.423 e. The molecule has 0 aromatic heterocycles. The highest BCUT2D eigenvalue weighted by Gasteiger charge is 2.22. The van der Waals surface area contributed by atoms with Crippen LogP contribution in [0, 0.1) is 17.8 Å². The normalized spacial score (nSPS) is 24.1. The van der Waals surface area contributed by atoms with Gasteiger partial charge >= 0.3 is 5.97 Å². The van der Waals surface area contributed by atoms with Crippen LogP contribution in [0.1, 0.15) is 138 Å². The molecular weight excluding hydrogens is 452 g/mol. The number of rotatable bonds is 12. The number of esters is 1. The van der Waals surface area contributed by atoms with Gasteiger partial charge in [0.15, 0.2) is 0 Å². The van der Waals surface area contributed by atoms with Crippen LogP contribution in [0.3, 0.4) is 0 Å². The summed E-state index contributed by atoms with van der Waals surface area (Å²) < 4.78 is 5.69. The van der Waals surface area contributed by atoms with E-state index >= 15 is 0 Å². The van der Waals surface area contributed by atoms with Crippen LogP contribution in [0.25, 0.3) is 0 Å². The van der Waals surface area contributed by atoms with Gasteiger partial charge in [0.05, 0.1) is 5.56 Å². The molecule has 0 bridgehead atoms. The van der Waals surface area contributed by atoms with E-state index in [1.54, 1.807) is 0 Å². The first-order valence-corrected chi connectivity index (χ1v) is 15.6. The lowest BCUT2D eigenvalue weighted by molar-refractivity contribution is 0.0734. The highest BCUT2D eigenvalue weighted by atomic mass is 16.5. The lowest BCUT2D eigenvalue weighted by Crippen LogP contribution is -2.15. The molecule has 0 unspecified atom stereocenters. The average molecular weight is 503 g/mol. The van der Waals surface area contributed by atoms with Crippen molar-refractivity contribution in [3.05, 3.63) is 65.2 Å². The van der Waals surface area contributed by atoms with Gasteiger partial charge in [0, 0.05) is 0 Å². The van der Waals surface area contributed by atoms with Crippen molar-refractivity contribution in [3.8, 4) is 5.75 Å². The Morgan fingerprint density at radius 3 is 1.89 bits per heavy atom. The van der Waals surface area contributed by atoms with Crippen LogP contribution in [0.15, 0.2) is 48.5 Å². The number of hydrogen-bond acceptors (Lipinski definition) is 2. The molecule has 0 atom stereocenters. The number of unbranched alkanes of at least 4 members (excludes halogenated alkanes) is 2. The Balaban J connectivity index is 1.18. The van der Waals surface area contributed by atoms with Gasteiger partial charge in [0.2, 0.25) is 0 Å². The molecule has 2 fully saturated rings. The second-order valence-electron chi connectivity index (χ2n) is 12.1. The molecule has 0 spiro atoms. The molecule has 2 aliphatic rings. The van der Waals surface area contributed by atoms with E-state index in [1.807, 2.05) is 24.3 Å². The molecule has 2 aromatic carbocycles. The minimum atomic E-state index is -0.263. The summed E-state index contributed by atoms with van der Waals surface area (Å²) in [5.41, 5.74) is 3.36. The molecular formula is C35H50O2. The predicted octanol–water partition coefficient (Wildman–Crippen LogP) is 10.3. The van der Waals surface area contributed by atoms with E-state index in [2.05, 4.69) is 38.1 Å². The van der Waals surface area contributed by atoms with Gasteiger partial charge < -0.3 is 4.74 Å². The second kappa shape index (κ2) is 14.7. The maximum Gasteiger partial charge on any atom is 0.343 e. The zero-order valence-electron chi connectivity index (χ0n) is 23.6. The van der Waals surface area contributed by atoms with Crippen molar-refractivity contribution in [1.82, 2.24) is 0 Å². The van der Waals surface area contributed by atoms with Gasteiger partial charge in [-0.25, -0.2) is 4.79 Å². The number of carbonyl (C=O) groups excluding carboxylic acids is 1. The largest absolute Gasteiger partial charge is 0.423 e. The third kappa shape index (κ3) is 8.72. The molecule has 2 aliphatic carbocycles. The minimum absolute atomic E-state index is 0.263. The van der Waals surface area contributed by atoms with Crippen molar-refractivity contribution in [2.45, 2.75) is 122 Å². The smallest absolute Gasteiger partial charge is 0.343 e. The summed E-state index contributed by atoms with van der Waals surface area (Å²) in [7, 11) is 0. The van der Waals surface area contributed by atoms with Gasteiger partial charge in [-0.1, -0.05) is 102 Å². The maximum absolute atomic E-state index is 12.7. The summed E-state index contributed by atoms with van der Waals surface area (Å²) in [5.74, 6) is 3.82. The van der Waals surface area contributed by atoms with E-state index in [0.29, 0.717) is 17.2 Å². The molecule has 0 N–H and O–H groups in total. The molecule has 4 rings (SSSR count). The van der Waals surface area contributed by atoms with Crippen LogP contribution in [0.5, 0.6) is 5.75 Å². The Kier molecular flexibility index (Phi) is 11.1. The monoisotopic (exact) mass is 502 g/mol. The van der Waals surface area contributed by atoms with Crippen LogP contribution >= 0.6 is 0 Å². The molecule has 0 radical (unpaired) electrons. The Labute approximate surface area is 226 Å². The van der Waals surface area contributed by atoms with Crippen LogP contribution < -0.4 is 4.74 Å². The predicted molar refractivity (Wildman–Crippen MR) is 155 cm³/mol. The molecule has 37 heavy (non-hydrogen) atoms. The first-order valence-electron chi connectivity index (χ1n) is 15.6. The molecule has 0 amide bonds. The number of hydrogen-bond donors (Lipinski definition) is 0. The van der Waals surface area contributed by atoms with E-state index in [9.17, 15) is 4.79 Å². The van der Waals surface area contributed by atoms with E-state index in [0.717, 1.165) is 24.2 Å². The van der Waals surface area contributed by atoms with Crippen molar-refractivity contribution >= 4 is 5.97 Å². The van der Waals surface area contributed by atoms with E-state index < -0.39 is 0 Å². The standard InChI is InChI=1S/C35H50O2/c1-3-5-6-8-28-9-11-29(12-10-28)13-14-30-17-21-33(22-18-30)35(36)37-34-25-23-32(24-26-34)31-19-15-27(7-4-2)16-20-31/h17-18,21-29,31H,3-16,19-20H2,1-2H3/t27?,28-,29-,31?. The average Bonchev–Trinajstić information content (AvgIpc) is 2.94. The molecule has 0 aliphatic heterocycles. The molecule has 0 heterocycles. The Morgan fingerprint density at radius 1 is 0.676 bits per heavy atom. The first-order chi connectivity index (χ1) is 18.1. The van der Waals surface area contributed by atoms with Gasteiger partial charge in [-0.2, -0.15) is 0 Å². The molecule has 2 aromatic rings. The summed E-state index contributed by atoms with van der Waals surface area (Å²) in [6.45, 7) is 4.59. The fourth-order valence-electron chi connectivity index (χ4n) is 6.84. The zero-order valence-corrected chi connectivity index (χ0v) is 23.6. The summed E-state index contributed by atoms with van der Waals surface area (Å²) in [6.07, 6.45) is 21.6. The van der Waals surface area contributed by atoms with Crippen LogP contribution in [-0.4, -0.2) is 5.97 Å². The van der Waals surface area contributed by atoms with Crippen LogP contribution in [-0.2, 0) is 6.42 Å². The summed E-state index contributed by atoms with van der Waals surface area (Å²) in [5, 5.41) is 0. The molecule has 202 valence electrons. The number of carbonyl (C=O) groups is 1. The first kappa shape index (κ1) is 27.9. The van der Waals surface area contributed by atoms with E-state index in [-0.39, 0.29) is 5.97 Å². The molecule has 2 heteroatoms. The van der Waals surface area contributed by atoms with E-state index in [1.165, 1.54) is 107 Å². The zero-order chi connectivity index (χ0) is 25.9. The fraction of sp³-hybridized carbons (Fsp3) is 0.629. The third-order valence-corrected chi connectivity index (χ3v) is 9.32. The Hall–Kier alpha value is -2.09. The van der Waals surface area contributed by atoms with Crippen LogP contribution in [0.4, 0.5) is 0 Å². The molecule has 2 saturated carbocycles. The lowest BCUT2D eigenvalue weighted by atomic mass is 9.77. The van der Waals surface area contributed by atoms with Gasteiger partial charge in [-0.3, -0.25) is 0 Å². The third-order valence-electron chi connectivity index (χ3n) is 9.32. The topological polar surface area (TPSA) is 26.3 Å². The molecule has 0 saturated heterocycles. The maximum atomic E-state index is 12.7. The van der Waals surface area contributed by atoms with Crippen molar-refractivity contribution in [2.75, 3.05) is 0 Å². The Bertz CT molecular complexity index is 913. The van der Waals surface area contributed by atoms with Gasteiger partial charge in [-0.15, -0.1) is 0 Å². The number of benzene rings is 2. The van der Waals surface area contributed by atoms with Gasteiger partial charge in [0.25, 0.3) is 0 Å². The quantitative estimate of drug-likeness (QED) is 0.164. The Morgan fingerprint density at radius 2 is 1.27 bits per heavy atom. The van der Waals surface area contributed by atoms with Crippen molar-refractivity contribution in [3.63, 3.8) is 0 Å². The highest BCUT2D eigenvalue weighted by Crippen LogP contribution is 2.38. The SMILES string of the molecule is CCCCC[C@H]1CC[C@H](CCc2ccc(C(=O)Oc3ccc(C4CCC(CCC)CC4)cc3)cc2)CC1. The van der Waals surface area contributed by atoms with Gasteiger partial charge in [0.1, 0.15) is 5.75 Å². The number of ether oxygens (including phenoxy) is 1. The van der Waals surface area contributed by atoms with E-state index in [4.69, 9.17) is 4.74 Å². The van der Waals surface area contributed by atoms with Crippen molar-refractivity contribution in [2.24, 2.45) is 17.8 Å². The summed E-state index contributed by atoms with van der Waals surface area (Å²) in [4.78, 5) is 12.7. The second-order valence-corrected chi connectivity index (χ2v) is 12.1. The molecule has 2 nitrogen and oxygen atoms in total. The van der Waals surface area contributed by atoms with Gasteiger partial charge in [-0.05, 0) is 97.6 Å². The van der Waals surface area contributed by atoms with Crippen molar-refractivity contribution in [1.29, 1.82) is 0 Å². The van der Waals surface area contributed by atoms with Crippen LogP contribution in [0.2, 0.25) is 0 Å². The summed E-state index contributed by atoms with van der Waals surface area (Å²) >= 11 is 0. The number of aryl methyl sites for hydroxylation is 1. The summed E-state index contributed by atoms with van der Waals surface area (Å²) in [6, 6.07) is 16.4.